The molecule has 1 atom stereocenters. The van der Waals surface area contributed by atoms with Crippen molar-refractivity contribution in [2.45, 2.75) is 19.1 Å². The minimum absolute atomic E-state index is 0.165. The summed E-state index contributed by atoms with van der Waals surface area (Å²) in [6.45, 7) is 0.204. The number of hydrogen-bond donors (Lipinski definition) is 1. The highest BCUT2D eigenvalue weighted by Crippen LogP contribution is 2.26. The Balaban J connectivity index is 1.61. The lowest BCUT2D eigenvalue weighted by molar-refractivity contribution is 0.153. The third kappa shape index (κ3) is 3.29. The van der Waals surface area contributed by atoms with Gasteiger partial charge in [-0.25, -0.2) is 4.98 Å². The Morgan fingerprint density at radius 2 is 1.73 bits per heavy atom. The van der Waals surface area contributed by atoms with E-state index in [0.29, 0.717) is 16.6 Å². The van der Waals surface area contributed by atoms with Crippen LogP contribution in [-0.2, 0) is 13.0 Å². The van der Waals surface area contributed by atoms with Gasteiger partial charge >= 0.3 is 0 Å². The Morgan fingerprint density at radius 1 is 1.04 bits per heavy atom. The zero-order valence-electron chi connectivity index (χ0n) is 13.9. The van der Waals surface area contributed by atoms with Crippen LogP contribution in [0.3, 0.4) is 0 Å². The Labute approximate surface area is 154 Å². The molecular weight excluding hydrogens is 346 g/mol. The van der Waals surface area contributed by atoms with E-state index in [1.54, 1.807) is 0 Å². The third-order valence-electron chi connectivity index (χ3n) is 4.22. The van der Waals surface area contributed by atoms with Gasteiger partial charge < -0.3 is 5.11 Å². The molecule has 0 aliphatic rings. The topological polar surface area (TPSA) is 68.0 Å². The summed E-state index contributed by atoms with van der Waals surface area (Å²) in [4.78, 5) is 17.2. The van der Waals surface area contributed by atoms with Gasteiger partial charge in [0.05, 0.1) is 19.0 Å². The summed E-state index contributed by atoms with van der Waals surface area (Å²) in [5.74, 6) is 0. The van der Waals surface area contributed by atoms with Gasteiger partial charge in [-0.1, -0.05) is 60.7 Å². The molecule has 2 aromatic carbocycles. The van der Waals surface area contributed by atoms with Crippen molar-refractivity contribution in [1.82, 2.24) is 13.9 Å². The Hall–Kier alpha value is -2.83. The van der Waals surface area contributed by atoms with Crippen LogP contribution in [0.2, 0.25) is 0 Å². The average Bonchev–Trinajstić information content (AvgIpc) is 3.10. The molecule has 0 aliphatic heterocycles. The summed E-state index contributed by atoms with van der Waals surface area (Å²) >= 11 is 1.15. The molecule has 0 saturated heterocycles. The highest BCUT2D eigenvalue weighted by atomic mass is 32.1. The number of benzene rings is 2. The Kier molecular flexibility index (Phi) is 4.60. The summed E-state index contributed by atoms with van der Waals surface area (Å²) in [5.41, 5.74) is 3.14. The van der Waals surface area contributed by atoms with Crippen molar-refractivity contribution in [2.24, 2.45) is 0 Å². The van der Waals surface area contributed by atoms with Gasteiger partial charge in [-0.15, -0.1) is 0 Å². The van der Waals surface area contributed by atoms with Crippen LogP contribution < -0.4 is 5.56 Å². The number of rotatable bonds is 5. The molecule has 5 nitrogen and oxygen atoms in total. The van der Waals surface area contributed by atoms with Crippen molar-refractivity contribution >= 4 is 21.7 Å². The molecule has 130 valence electrons. The van der Waals surface area contributed by atoms with Crippen LogP contribution in [0.5, 0.6) is 0 Å². The lowest BCUT2D eigenvalue weighted by Crippen LogP contribution is -2.27. The first kappa shape index (κ1) is 16.6. The van der Waals surface area contributed by atoms with E-state index in [1.165, 1.54) is 10.9 Å². The van der Waals surface area contributed by atoms with E-state index in [-0.39, 0.29) is 12.1 Å². The first-order valence-electron chi connectivity index (χ1n) is 8.34. The highest BCUT2D eigenvalue weighted by molar-refractivity contribution is 7.13. The van der Waals surface area contributed by atoms with E-state index < -0.39 is 6.10 Å². The van der Waals surface area contributed by atoms with Gasteiger partial charge in [0.1, 0.15) is 15.9 Å². The summed E-state index contributed by atoms with van der Waals surface area (Å²) in [6.07, 6.45) is 1.33. The molecule has 0 radical (unpaired) electrons. The normalized spacial score (nSPS) is 12.3. The monoisotopic (exact) mass is 363 g/mol. The van der Waals surface area contributed by atoms with Gasteiger partial charge in [-0.2, -0.15) is 4.37 Å². The van der Waals surface area contributed by atoms with Crippen LogP contribution in [0.15, 0.2) is 71.8 Å². The van der Waals surface area contributed by atoms with Crippen LogP contribution in [0.4, 0.5) is 0 Å². The molecular formula is C20H17N3O2S. The molecule has 0 fully saturated rings. The molecule has 4 aromatic rings. The smallest absolute Gasteiger partial charge is 0.273 e. The number of hydrogen-bond acceptors (Lipinski definition) is 5. The first-order valence-corrected chi connectivity index (χ1v) is 9.12. The molecule has 6 heteroatoms. The summed E-state index contributed by atoms with van der Waals surface area (Å²) in [6, 6.07) is 19.4. The van der Waals surface area contributed by atoms with Crippen molar-refractivity contribution in [3.8, 4) is 11.3 Å². The molecule has 1 N–H and O–H groups in total. The predicted octanol–water partition coefficient (Wildman–Crippen LogP) is 3.12. The lowest BCUT2D eigenvalue weighted by atomic mass is 10.1. The maximum Gasteiger partial charge on any atom is 0.273 e. The SMILES string of the molecule is O=c1c2snc(-c3ccccc3)c2ncn1CC(O)Cc1ccccc1. The van der Waals surface area contributed by atoms with Crippen molar-refractivity contribution in [3.63, 3.8) is 0 Å². The van der Waals surface area contributed by atoms with Gasteiger partial charge in [-0.05, 0) is 17.1 Å². The highest BCUT2D eigenvalue weighted by Gasteiger charge is 2.15. The van der Waals surface area contributed by atoms with E-state index in [2.05, 4.69) is 9.36 Å². The number of nitrogens with zero attached hydrogens (tertiary/aromatic N) is 3. The van der Waals surface area contributed by atoms with E-state index in [0.717, 1.165) is 28.4 Å². The minimum Gasteiger partial charge on any atom is -0.391 e. The Bertz CT molecular complexity index is 1070. The van der Waals surface area contributed by atoms with Gasteiger partial charge in [0.2, 0.25) is 0 Å². The quantitative estimate of drug-likeness (QED) is 0.591. The Morgan fingerprint density at radius 3 is 2.46 bits per heavy atom. The number of fused-ring (bicyclic) bond motifs is 1. The number of aliphatic hydroxyl groups is 1. The fourth-order valence-corrected chi connectivity index (χ4v) is 3.75. The summed E-state index contributed by atoms with van der Waals surface area (Å²) < 4.78 is 6.39. The molecule has 1 unspecified atom stereocenters. The maximum atomic E-state index is 12.7. The predicted molar refractivity (Wildman–Crippen MR) is 103 cm³/mol. The fraction of sp³-hybridized carbons (Fsp3) is 0.150. The zero-order chi connectivity index (χ0) is 17.9. The molecule has 0 aliphatic carbocycles. The van der Waals surface area contributed by atoms with E-state index >= 15 is 0 Å². The van der Waals surface area contributed by atoms with Gasteiger partial charge in [-0.3, -0.25) is 9.36 Å². The van der Waals surface area contributed by atoms with Crippen LogP contribution >= 0.6 is 11.5 Å². The molecule has 0 saturated carbocycles. The second kappa shape index (κ2) is 7.19. The molecule has 26 heavy (non-hydrogen) atoms. The van der Waals surface area contributed by atoms with Crippen LogP contribution in [0.25, 0.3) is 21.5 Å². The summed E-state index contributed by atoms with van der Waals surface area (Å²) in [5, 5.41) is 10.3. The summed E-state index contributed by atoms with van der Waals surface area (Å²) in [7, 11) is 0. The van der Waals surface area contributed by atoms with Crippen LogP contribution in [-0.4, -0.2) is 25.1 Å². The zero-order valence-corrected chi connectivity index (χ0v) is 14.8. The fourth-order valence-electron chi connectivity index (χ4n) is 2.95. The van der Waals surface area contributed by atoms with Gasteiger partial charge in [0, 0.05) is 12.0 Å². The van der Waals surface area contributed by atoms with Crippen molar-refractivity contribution in [1.29, 1.82) is 0 Å². The number of aromatic nitrogens is 3. The van der Waals surface area contributed by atoms with E-state index in [1.807, 2.05) is 60.7 Å². The maximum absolute atomic E-state index is 12.7. The minimum atomic E-state index is -0.657. The van der Waals surface area contributed by atoms with Crippen molar-refractivity contribution < 1.29 is 5.11 Å². The molecule has 0 spiro atoms. The third-order valence-corrected chi connectivity index (χ3v) is 5.04. The average molecular weight is 363 g/mol. The van der Waals surface area contributed by atoms with E-state index in [9.17, 15) is 9.90 Å². The first-order chi connectivity index (χ1) is 12.7. The van der Waals surface area contributed by atoms with Crippen molar-refractivity contribution in [3.05, 3.63) is 82.9 Å². The van der Waals surface area contributed by atoms with Gasteiger partial charge in [0.15, 0.2) is 0 Å². The molecule has 2 heterocycles. The molecule has 4 rings (SSSR count). The van der Waals surface area contributed by atoms with E-state index in [4.69, 9.17) is 0 Å². The molecule has 2 aromatic heterocycles. The van der Waals surface area contributed by atoms with Crippen LogP contribution in [0.1, 0.15) is 5.56 Å². The largest absolute Gasteiger partial charge is 0.391 e. The van der Waals surface area contributed by atoms with Crippen LogP contribution in [0, 0.1) is 0 Å². The van der Waals surface area contributed by atoms with Crippen molar-refractivity contribution in [2.75, 3.05) is 0 Å². The second-order valence-electron chi connectivity index (χ2n) is 6.12. The molecule has 0 amide bonds. The second-order valence-corrected chi connectivity index (χ2v) is 6.89. The number of aliphatic hydroxyl groups excluding tert-OH is 1. The lowest BCUT2D eigenvalue weighted by Gasteiger charge is -2.12. The standard InChI is InChI=1S/C20H17N3O2S/c24-16(11-14-7-3-1-4-8-14)12-23-13-21-18-17(15-9-5-2-6-10-15)22-26-19(18)20(23)25/h1-10,13,16,24H,11-12H2. The molecule has 0 bridgehead atoms. The van der Waals surface area contributed by atoms with Gasteiger partial charge in [0.25, 0.3) is 5.56 Å².